The molecular formula is C15H24ClNO. The number of halogens is 1. The van der Waals surface area contributed by atoms with Crippen LogP contribution in [0.2, 0.25) is 5.02 Å². The first-order valence-electron chi connectivity index (χ1n) is 6.61. The van der Waals surface area contributed by atoms with E-state index in [-0.39, 0.29) is 0 Å². The minimum atomic E-state index is 0.459. The average Bonchev–Trinajstić information content (AvgIpc) is 2.33. The Kier molecular flexibility index (Phi) is 7.33. The van der Waals surface area contributed by atoms with Crippen LogP contribution < -0.4 is 5.32 Å². The minimum absolute atomic E-state index is 0.459. The van der Waals surface area contributed by atoms with Crippen LogP contribution in [-0.2, 0) is 4.74 Å². The number of ether oxygens (including phenoxy) is 1. The maximum Gasteiger partial charge on any atom is 0.0488 e. The van der Waals surface area contributed by atoms with E-state index in [4.69, 9.17) is 16.3 Å². The van der Waals surface area contributed by atoms with Crippen molar-refractivity contribution in [2.75, 3.05) is 26.8 Å². The Labute approximate surface area is 116 Å². The van der Waals surface area contributed by atoms with Gasteiger partial charge in [-0.2, -0.15) is 0 Å². The van der Waals surface area contributed by atoms with Gasteiger partial charge in [-0.15, -0.1) is 0 Å². The normalized spacial score (nSPS) is 12.9. The molecular weight excluding hydrogens is 246 g/mol. The molecule has 0 bridgehead atoms. The van der Waals surface area contributed by atoms with E-state index in [1.807, 2.05) is 25.2 Å². The molecule has 0 saturated heterocycles. The molecule has 1 aromatic rings. The van der Waals surface area contributed by atoms with E-state index in [9.17, 15) is 0 Å². The molecule has 18 heavy (non-hydrogen) atoms. The van der Waals surface area contributed by atoms with Crippen molar-refractivity contribution in [3.8, 4) is 0 Å². The first-order valence-corrected chi connectivity index (χ1v) is 6.99. The number of hydrogen-bond acceptors (Lipinski definition) is 2. The van der Waals surface area contributed by atoms with Gasteiger partial charge in [0.25, 0.3) is 0 Å². The van der Waals surface area contributed by atoms with Crippen molar-refractivity contribution in [2.45, 2.75) is 26.2 Å². The maximum absolute atomic E-state index is 6.04. The minimum Gasteiger partial charge on any atom is -0.381 e. The highest BCUT2D eigenvalue weighted by molar-refractivity contribution is 6.30. The Balaban J connectivity index is 2.49. The summed E-state index contributed by atoms with van der Waals surface area (Å²) in [6.07, 6.45) is 1.02. The predicted molar refractivity (Wildman–Crippen MR) is 78.4 cm³/mol. The van der Waals surface area contributed by atoms with Crippen LogP contribution in [0.15, 0.2) is 24.3 Å². The monoisotopic (exact) mass is 269 g/mol. The zero-order chi connectivity index (χ0) is 13.4. The molecule has 0 fully saturated rings. The molecule has 1 unspecified atom stereocenters. The van der Waals surface area contributed by atoms with Gasteiger partial charge in [-0.3, -0.25) is 0 Å². The largest absolute Gasteiger partial charge is 0.381 e. The maximum atomic E-state index is 6.04. The lowest BCUT2D eigenvalue weighted by Gasteiger charge is -2.17. The Hall–Kier alpha value is -0.570. The molecule has 1 N–H and O–H groups in total. The SMILES string of the molecule is CNCC(CCOCC(C)C)c1cccc(Cl)c1. The van der Waals surface area contributed by atoms with Gasteiger partial charge in [-0.25, -0.2) is 0 Å². The topological polar surface area (TPSA) is 21.3 Å². The lowest BCUT2D eigenvalue weighted by atomic mass is 9.96. The molecule has 102 valence electrons. The third-order valence-electron chi connectivity index (χ3n) is 2.83. The van der Waals surface area contributed by atoms with Gasteiger partial charge in [0.15, 0.2) is 0 Å². The Bertz CT molecular complexity index is 341. The van der Waals surface area contributed by atoms with E-state index >= 15 is 0 Å². The highest BCUT2D eigenvalue weighted by Crippen LogP contribution is 2.22. The third kappa shape index (κ3) is 5.85. The van der Waals surface area contributed by atoms with Crippen LogP contribution in [0, 0.1) is 5.92 Å². The smallest absolute Gasteiger partial charge is 0.0488 e. The number of hydrogen-bond donors (Lipinski definition) is 1. The zero-order valence-corrected chi connectivity index (χ0v) is 12.3. The molecule has 3 heteroatoms. The summed E-state index contributed by atoms with van der Waals surface area (Å²) in [6.45, 7) is 6.92. The fourth-order valence-electron chi connectivity index (χ4n) is 1.94. The summed E-state index contributed by atoms with van der Waals surface area (Å²) in [5.41, 5.74) is 1.28. The van der Waals surface area contributed by atoms with E-state index in [1.54, 1.807) is 0 Å². The van der Waals surface area contributed by atoms with E-state index in [0.29, 0.717) is 11.8 Å². The molecule has 1 atom stereocenters. The Morgan fingerprint density at radius 3 is 2.72 bits per heavy atom. The summed E-state index contributed by atoms with van der Waals surface area (Å²) >= 11 is 6.04. The molecule has 0 aliphatic rings. The van der Waals surface area contributed by atoms with Gasteiger partial charge in [0.1, 0.15) is 0 Å². The first kappa shape index (κ1) is 15.5. The van der Waals surface area contributed by atoms with Crippen molar-refractivity contribution in [1.82, 2.24) is 5.32 Å². The van der Waals surface area contributed by atoms with E-state index in [1.165, 1.54) is 5.56 Å². The van der Waals surface area contributed by atoms with Crippen LogP contribution in [0.1, 0.15) is 31.7 Å². The average molecular weight is 270 g/mol. The standard InChI is InChI=1S/C15H24ClNO/c1-12(2)11-18-8-7-14(10-17-3)13-5-4-6-15(16)9-13/h4-6,9,12,14,17H,7-8,10-11H2,1-3H3. The van der Waals surface area contributed by atoms with Crippen LogP contribution in [0.25, 0.3) is 0 Å². The highest BCUT2D eigenvalue weighted by atomic mass is 35.5. The lowest BCUT2D eigenvalue weighted by molar-refractivity contribution is 0.104. The van der Waals surface area contributed by atoms with Crippen molar-refractivity contribution in [2.24, 2.45) is 5.92 Å². The quantitative estimate of drug-likeness (QED) is 0.727. The summed E-state index contributed by atoms with van der Waals surface area (Å²) in [6, 6.07) is 8.11. The first-order chi connectivity index (χ1) is 8.63. The van der Waals surface area contributed by atoms with Crippen molar-refractivity contribution in [3.05, 3.63) is 34.9 Å². The molecule has 0 spiro atoms. The molecule has 0 aliphatic carbocycles. The fourth-order valence-corrected chi connectivity index (χ4v) is 2.14. The van der Waals surface area contributed by atoms with Crippen molar-refractivity contribution in [3.63, 3.8) is 0 Å². The van der Waals surface area contributed by atoms with Gasteiger partial charge >= 0.3 is 0 Å². The van der Waals surface area contributed by atoms with Gasteiger partial charge in [0.05, 0.1) is 0 Å². The number of likely N-dealkylation sites (N-methyl/N-ethyl adjacent to an activating group) is 1. The van der Waals surface area contributed by atoms with Gasteiger partial charge in [0.2, 0.25) is 0 Å². The molecule has 0 aromatic heterocycles. The summed E-state index contributed by atoms with van der Waals surface area (Å²) in [4.78, 5) is 0. The summed E-state index contributed by atoms with van der Waals surface area (Å²) < 4.78 is 5.66. The van der Waals surface area contributed by atoms with E-state index < -0.39 is 0 Å². The van der Waals surface area contributed by atoms with Gasteiger partial charge in [-0.05, 0) is 43.0 Å². The van der Waals surface area contributed by atoms with Crippen molar-refractivity contribution in [1.29, 1.82) is 0 Å². The predicted octanol–water partition coefficient (Wildman–Crippen LogP) is 3.71. The molecule has 2 nitrogen and oxygen atoms in total. The zero-order valence-electron chi connectivity index (χ0n) is 11.6. The van der Waals surface area contributed by atoms with Crippen molar-refractivity contribution >= 4 is 11.6 Å². The summed E-state index contributed by atoms with van der Waals surface area (Å²) in [7, 11) is 1.98. The molecule has 0 heterocycles. The molecule has 1 aromatic carbocycles. The van der Waals surface area contributed by atoms with E-state index in [0.717, 1.165) is 31.2 Å². The van der Waals surface area contributed by atoms with Crippen LogP contribution in [0.5, 0.6) is 0 Å². The highest BCUT2D eigenvalue weighted by Gasteiger charge is 2.11. The molecule has 0 saturated carbocycles. The van der Waals surface area contributed by atoms with Gasteiger partial charge in [0, 0.05) is 24.8 Å². The number of nitrogens with one attached hydrogen (secondary N) is 1. The fraction of sp³-hybridized carbons (Fsp3) is 0.600. The van der Waals surface area contributed by atoms with Gasteiger partial charge in [-0.1, -0.05) is 37.6 Å². The van der Waals surface area contributed by atoms with Crippen LogP contribution in [-0.4, -0.2) is 26.8 Å². The van der Waals surface area contributed by atoms with Crippen molar-refractivity contribution < 1.29 is 4.74 Å². The summed E-state index contributed by atoms with van der Waals surface area (Å²) in [5, 5.41) is 4.04. The second-order valence-electron chi connectivity index (χ2n) is 5.07. The second kappa shape index (κ2) is 8.52. The Morgan fingerprint density at radius 1 is 1.33 bits per heavy atom. The number of benzene rings is 1. The molecule has 1 rings (SSSR count). The number of rotatable bonds is 8. The molecule has 0 radical (unpaired) electrons. The van der Waals surface area contributed by atoms with Crippen LogP contribution in [0.3, 0.4) is 0 Å². The molecule has 0 amide bonds. The van der Waals surface area contributed by atoms with E-state index in [2.05, 4.69) is 25.2 Å². The lowest BCUT2D eigenvalue weighted by Crippen LogP contribution is -2.19. The van der Waals surface area contributed by atoms with Crippen LogP contribution in [0.4, 0.5) is 0 Å². The Morgan fingerprint density at radius 2 is 2.11 bits per heavy atom. The summed E-state index contributed by atoms with van der Waals surface area (Å²) in [5.74, 6) is 1.06. The second-order valence-corrected chi connectivity index (χ2v) is 5.50. The van der Waals surface area contributed by atoms with Crippen LogP contribution >= 0.6 is 11.6 Å². The molecule has 0 aliphatic heterocycles. The van der Waals surface area contributed by atoms with Gasteiger partial charge < -0.3 is 10.1 Å². The third-order valence-corrected chi connectivity index (χ3v) is 3.07.